The third kappa shape index (κ3) is 4.88. The van der Waals surface area contributed by atoms with Gasteiger partial charge in [-0.3, -0.25) is 10.1 Å². The Balaban J connectivity index is 1.59. The summed E-state index contributed by atoms with van der Waals surface area (Å²) in [6, 6.07) is 18.2. The number of fused-ring (bicyclic) bond motifs is 1. The van der Waals surface area contributed by atoms with Gasteiger partial charge in [0, 0.05) is 15.5 Å². The van der Waals surface area contributed by atoms with Crippen molar-refractivity contribution in [1.82, 2.24) is 5.32 Å². The summed E-state index contributed by atoms with van der Waals surface area (Å²) in [6.45, 7) is 3.76. The van der Waals surface area contributed by atoms with E-state index in [4.69, 9.17) is 21.4 Å². The number of carbonyl (C=O) groups excluding carboxylic acids is 1. The van der Waals surface area contributed by atoms with Crippen LogP contribution in [-0.2, 0) is 0 Å². The van der Waals surface area contributed by atoms with Crippen molar-refractivity contribution < 1.29 is 13.9 Å². The maximum atomic E-state index is 12.9. The van der Waals surface area contributed by atoms with Gasteiger partial charge in [0.25, 0.3) is 5.91 Å². The smallest absolute Gasteiger partial charge is 0.344 e. The van der Waals surface area contributed by atoms with Crippen LogP contribution in [0.4, 0.5) is 5.69 Å². The van der Waals surface area contributed by atoms with Crippen LogP contribution >= 0.6 is 28.1 Å². The fourth-order valence-corrected chi connectivity index (χ4v) is 4.46. The molecular formula is C26H21BrN2O4S. The molecule has 1 amide bonds. The number of ether oxygens (including phenoxy) is 1. The molecule has 1 aromatic heterocycles. The predicted molar refractivity (Wildman–Crippen MR) is 142 cm³/mol. The van der Waals surface area contributed by atoms with Crippen molar-refractivity contribution in [3.05, 3.63) is 92.2 Å². The van der Waals surface area contributed by atoms with Crippen molar-refractivity contribution in [2.75, 3.05) is 12.4 Å². The molecular weight excluding hydrogens is 516 g/mol. The van der Waals surface area contributed by atoms with E-state index in [1.165, 1.54) is 7.11 Å². The third-order valence-corrected chi connectivity index (χ3v) is 6.02. The number of para-hydroxylation sites is 1. The Morgan fingerprint density at radius 2 is 1.79 bits per heavy atom. The summed E-state index contributed by atoms with van der Waals surface area (Å²) in [4.78, 5) is 25.5. The molecule has 0 unspecified atom stereocenters. The molecule has 0 aliphatic rings. The Bertz CT molecular complexity index is 1500. The zero-order valence-electron chi connectivity index (χ0n) is 18.7. The number of amides is 1. The van der Waals surface area contributed by atoms with Gasteiger partial charge >= 0.3 is 5.63 Å². The van der Waals surface area contributed by atoms with Crippen LogP contribution in [0, 0.1) is 13.8 Å². The van der Waals surface area contributed by atoms with Crippen LogP contribution in [0.2, 0.25) is 0 Å². The van der Waals surface area contributed by atoms with E-state index in [1.54, 1.807) is 24.3 Å². The summed E-state index contributed by atoms with van der Waals surface area (Å²) in [5, 5.41) is 6.70. The van der Waals surface area contributed by atoms with Crippen molar-refractivity contribution in [1.29, 1.82) is 0 Å². The van der Waals surface area contributed by atoms with E-state index in [0.29, 0.717) is 33.7 Å². The first-order valence-corrected chi connectivity index (χ1v) is 11.6. The second kappa shape index (κ2) is 9.79. The molecule has 34 heavy (non-hydrogen) atoms. The number of halogens is 1. The zero-order chi connectivity index (χ0) is 24.4. The normalized spacial score (nSPS) is 10.7. The molecule has 8 heteroatoms. The Morgan fingerprint density at radius 3 is 2.56 bits per heavy atom. The highest BCUT2D eigenvalue weighted by Crippen LogP contribution is 2.28. The molecule has 3 aromatic carbocycles. The molecule has 0 aliphatic heterocycles. The number of nitrogens with one attached hydrogen (secondary N) is 2. The first kappa shape index (κ1) is 23.7. The lowest BCUT2D eigenvalue weighted by molar-refractivity contribution is 0.0974. The minimum absolute atomic E-state index is 0.121. The second-order valence-corrected chi connectivity index (χ2v) is 9.05. The van der Waals surface area contributed by atoms with Crippen LogP contribution in [0.5, 0.6) is 5.75 Å². The first-order chi connectivity index (χ1) is 16.3. The number of thiocarbonyl (C=S) groups is 1. The number of aryl methyl sites for hydroxylation is 2. The van der Waals surface area contributed by atoms with Gasteiger partial charge in [0.15, 0.2) is 5.11 Å². The number of carbonyl (C=O) groups is 1. The minimum atomic E-state index is -0.429. The van der Waals surface area contributed by atoms with Crippen molar-refractivity contribution in [2.24, 2.45) is 0 Å². The molecule has 172 valence electrons. The van der Waals surface area contributed by atoms with Crippen LogP contribution in [0.15, 0.2) is 74.3 Å². The standard InChI is InChI=1S/C26H21BrN2O4S/c1-14-8-9-16(19-11-17-6-4-5-7-22(17)33-25(19)31)12-21(14)28-26(34)29-24(30)20-13-18(27)10-15(2)23(20)32-3/h4-13H,1-3H3,(H2,28,29,30,34). The summed E-state index contributed by atoms with van der Waals surface area (Å²) in [7, 11) is 1.52. The molecule has 2 N–H and O–H groups in total. The number of methoxy groups -OCH3 is 1. The molecule has 6 nitrogen and oxygen atoms in total. The van der Waals surface area contributed by atoms with Gasteiger partial charge in [-0.25, -0.2) is 4.79 Å². The molecule has 4 aromatic rings. The number of hydrogen-bond donors (Lipinski definition) is 2. The lowest BCUT2D eigenvalue weighted by Crippen LogP contribution is -2.34. The maximum Gasteiger partial charge on any atom is 0.344 e. The van der Waals surface area contributed by atoms with E-state index >= 15 is 0 Å². The third-order valence-electron chi connectivity index (χ3n) is 5.35. The molecule has 4 rings (SSSR count). The molecule has 1 heterocycles. The molecule has 0 bridgehead atoms. The van der Waals surface area contributed by atoms with Gasteiger partial charge < -0.3 is 14.5 Å². The fourth-order valence-electron chi connectivity index (χ4n) is 3.68. The average Bonchev–Trinajstić information content (AvgIpc) is 2.79. The van der Waals surface area contributed by atoms with Gasteiger partial charge in [0.1, 0.15) is 11.3 Å². The first-order valence-electron chi connectivity index (χ1n) is 10.4. The second-order valence-electron chi connectivity index (χ2n) is 7.73. The van der Waals surface area contributed by atoms with Crippen LogP contribution in [0.25, 0.3) is 22.1 Å². The van der Waals surface area contributed by atoms with Crippen molar-refractivity contribution in [3.8, 4) is 16.9 Å². The van der Waals surface area contributed by atoms with Gasteiger partial charge in [-0.2, -0.15) is 0 Å². The van der Waals surface area contributed by atoms with E-state index < -0.39 is 11.5 Å². The highest BCUT2D eigenvalue weighted by atomic mass is 79.9. The molecule has 0 spiro atoms. The molecule has 0 radical (unpaired) electrons. The maximum absolute atomic E-state index is 12.9. The van der Waals surface area contributed by atoms with Gasteiger partial charge in [-0.15, -0.1) is 0 Å². The van der Waals surface area contributed by atoms with Gasteiger partial charge in [0.05, 0.1) is 18.2 Å². The largest absolute Gasteiger partial charge is 0.496 e. The van der Waals surface area contributed by atoms with Crippen molar-refractivity contribution in [2.45, 2.75) is 13.8 Å². The van der Waals surface area contributed by atoms with E-state index in [-0.39, 0.29) is 5.11 Å². The van der Waals surface area contributed by atoms with E-state index in [9.17, 15) is 9.59 Å². The Labute approximate surface area is 210 Å². The molecule has 0 aliphatic carbocycles. The molecule has 0 saturated heterocycles. The van der Waals surface area contributed by atoms with Crippen LogP contribution in [-0.4, -0.2) is 18.1 Å². The summed E-state index contributed by atoms with van der Waals surface area (Å²) < 4.78 is 11.6. The number of anilines is 1. The van der Waals surface area contributed by atoms with Gasteiger partial charge in [-0.1, -0.05) is 46.3 Å². The highest BCUT2D eigenvalue weighted by Gasteiger charge is 2.17. The van der Waals surface area contributed by atoms with Crippen LogP contribution in [0.3, 0.4) is 0 Å². The van der Waals surface area contributed by atoms with Crippen molar-refractivity contribution >= 4 is 55.8 Å². The van der Waals surface area contributed by atoms with Crippen LogP contribution in [0.1, 0.15) is 21.5 Å². The van der Waals surface area contributed by atoms with Crippen LogP contribution < -0.4 is 21.0 Å². The van der Waals surface area contributed by atoms with E-state index in [0.717, 1.165) is 21.0 Å². The lowest BCUT2D eigenvalue weighted by atomic mass is 10.0. The summed E-state index contributed by atoms with van der Waals surface area (Å²) in [5.41, 5.74) is 3.94. The zero-order valence-corrected chi connectivity index (χ0v) is 21.1. The molecule has 0 saturated carbocycles. The highest BCUT2D eigenvalue weighted by molar-refractivity contribution is 9.10. The summed E-state index contributed by atoms with van der Waals surface area (Å²) >= 11 is 8.80. The Kier molecular flexibility index (Phi) is 6.81. The summed E-state index contributed by atoms with van der Waals surface area (Å²) in [6.07, 6.45) is 0. The monoisotopic (exact) mass is 536 g/mol. The fraction of sp³-hybridized carbons (Fsp3) is 0.115. The van der Waals surface area contributed by atoms with Gasteiger partial charge in [-0.05, 0) is 73.1 Å². The Morgan fingerprint density at radius 1 is 1.03 bits per heavy atom. The average molecular weight is 537 g/mol. The van der Waals surface area contributed by atoms with E-state index in [1.807, 2.05) is 50.2 Å². The van der Waals surface area contributed by atoms with E-state index in [2.05, 4.69) is 26.6 Å². The predicted octanol–water partition coefficient (Wildman–Crippen LogP) is 5.97. The lowest BCUT2D eigenvalue weighted by Gasteiger charge is -2.15. The number of rotatable bonds is 4. The van der Waals surface area contributed by atoms with Crippen molar-refractivity contribution in [3.63, 3.8) is 0 Å². The number of hydrogen-bond acceptors (Lipinski definition) is 5. The topological polar surface area (TPSA) is 80.6 Å². The Hall–Kier alpha value is -3.49. The van der Waals surface area contributed by atoms with Gasteiger partial charge in [0.2, 0.25) is 0 Å². The molecule has 0 atom stereocenters. The quantitative estimate of drug-likeness (QED) is 0.247. The number of benzene rings is 3. The SMILES string of the molecule is COc1c(C)cc(Br)cc1C(=O)NC(=S)Nc1cc(-c2cc3ccccc3oc2=O)ccc1C. The summed E-state index contributed by atoms with van der Waals surface area (Å²) in [5.74, 6) is 0.0763. The minimum Gasteiger partial charge on any atom is -0.496 e. The molecule has 0 fully saturated rings.